The number of aromatic nitrogens is 3. The first-order valence-corrected chi connectivity index (χ1v) is 12.2. The van der Waals surface area contributed by atoms with E-state index in [1.165, 1.54) is 16.8 Å². The van der Waals surface area contributed by atoms with E-state index in [-0.39, 0.29) is 28.4 Å². The molecule has 1 fully saturated rings. The molecule has 1 aliphatic heterocycles. The Kier molecular flexibility index (Phi) is 7.09. The minimum absolute atomic E-state index is 0.0270. The fourth-order valence-electron chi connectivity index (χ4n) is 3.62. The quantitative estimate of drug-likeness (QED) is 0.284. The van der Waals surface area contributed by atoms with Gasteiger partial charge in [-0.05, 0) is 39.4 Å². The van der Waals surface area contributed by atoms with Gasteiger partial charge in [-0.25, -0.2) is 4.98 Å². The van der Waals surface area contributed by atoms with Crippen LogP contribution in [-0.4, -0.2) is 64.5 Å². The molecule has 1 saturated heterocycles. The van der Waals surface area contributed by atoms with Gasteiger partial charge in [-0.15, -0.1) is 0 Å². The topological polar surface area (TPSA) is 167 Å². The average molecular weight is 489 g/mol. The van der Waals surface area contributed by atoms with E-state index in [0.717, 1.165) is 6.92 Å². The van der Waals surface area contributed by atoms with Crippen LogP contribution in [0.25, 0.3) is 11.0 Å². The summed E-state index contributed by atoms with van der Waals surface area (Å²) in [7, 11) is -4.33. The lowest BCUT2D eigenvalue weighted by Gasteiger charge is -2.34. The van der Waals surface area contributed by atoms with E-state index in [1.54, 1.807) is 20.8 Å². The summed E-state index contributed by atoms with van der Waals surface area (Å²) in [5.41, 5.74) is -0.614. The Hall–Kier alpha value is -1.50. The van der Waals surface area contributed by atoms with Crippen molar-refractivity contribution in [1.29, 1.82) is 0 Å². The highest BCUT2D eigenvalue weighted by molar-refractivity contribution is 7.71. The number of aliphatic hydroxyl groups is 3. The van der Waals surface area contributed by atoms with Crippen LogP contribution in [0.4, 0.5) is 0 Å². The predicted molar refractivity (Wildman–Crippen MR) is 118 cm³/mol. The van der Waals surface area contributed by atoms with E-state index >= 15 is 0 Å². The number of nitrogens with zero attached hydrogens (tertiary/aromatic N) is 2. The first-order chi connectivity index (χ1) is 14.8. The second-order valence-electron chi connectivity index (χ2n) is 8.35. The molecule has 11 nitrogen and oxygen atoms in total. The Balaban J connectivity index is 1.91. The van der Waals surface area contributed by atoms with Gasteiger partial charge in [0, 0.05) is 24.4 Å². The highest BCUT2D eigenvalue weighted by Gasteiger charge is 2.48. The minimum Gasteiger partial charge on any atom is -0.388 e. The van der Waals surface area contributed by atoms with Crippen LogP contribution in [0.2, 0.25) is 0 Å². The summed E-state index contributed by atoms with van der Waals surface area (Å²) in [5, 5.41) is 31.0. The molecule has 0 saturated carbocycles. The monoisotopic (exact) mass is 489 g/mol. The van der Waals surface area contributed by atoms with Crippen LogP contribution in [0.3, 0.4) is 0 Å². The summed E-state index contributed by atoms with van der Waals surface area (Å²) in [5.74, 6) is -1.59. The van der Waals surface area contributed by atoms with Crippen LogP contribution < -0.4 is 5.43 Å². The molecule has 0 aromatic carbocycles. The largest absolute Gasteiger partial charge is 0.388 e. The molecule has 2 aromatic rings. The molecule has 32 heavy (non-hydrogen) atoms. The second kappa shape index (κ2) is 9.03. The maximum atomic E-state index is 12.4. The molecule has 4 unspecified atom stereocenters. The zero-order valence-electron chi connectivity index (χ0n) is 18.1. The summed E-state index contributed by atoms with van der Waals surface area (Å²) in [6.07, 6.45) is -3.27. The summed E-state index contributed by atoms with van der Waals surface area (Å²) < 4.78 is 24.7. The molecule has 0 radical (unpaired) electrons. The van der Waals surface area contributed by atoms with Gasteiger partial charge in [0.05, 0.1) is 17.1 Å². The van der Waals surface area contributed by atoms with Crippen molar-refractivity contribution in [2.24, 2.45) is 0 Å². The van der Waals surface area contributed by atoms with Crippen LogP contribution in [0.5, 0.6) is 0 Å². The van der Waals surface area contributed by atoms with Gasteiger partial charge in [0.1, 0.15) is 17.9 Å². The van der Waals surface area contributed by atoms with Crippen molar-refractivity contribution in [1.82, 2.24) is 14.5 Å². The number of aromatic amines is 1. The van der Waals surface area contributed by atoms with Crippen molar-refractivity contribution < 1.29 is 34.0 Å². The zero-order valence-corrected chi connectivity index (χ0v) is 19.8. The smallest absolute Gasteiger partial charge is 0.356 e. The molecule has 2 aromatic heterocycles. The highest BCUT2D eigenvalue weighted by atomic mass is 32.1. The van der Waals surface area contributed by atoms with E-state index in [0.29, 0.717) is 11.3 Å². The van der Waals surface area contributed by atoms with Gasteiger partial charge in [0.15, 0.2) is 17.5 Å². The third-order valence-electron chi connectivity index (χ3n) is 5.70. The SMILES string of the molecule is CCC(C)(C[C@H]1O[C@@H](n2cc3c(=O)cc(C)[nH]c3nc2=S)[C@@H](O)C1O)OP(=O)(O)C(C)O. The van der Waals surface area contributed by atoms with E-state index < -0.39 is 43.6 Å². The molecule has 3 rings (SSSR count). The highest BCUT2D eigenvalue weighted by Crippen LogP contribution is 2.52. The number of aryl methyl sites for hydroxylation is 1. The molecule has 5 N–H and O–H groups in total. The summed E-state index contributed by atoms with van der Waals surface area (Å²) in [4.78, 5) is 29.5. The Labute approximate surface area is 189 Å². The van der Waals surface area contributed by atoms with Gasteiger partial charge >= 0.3 is 7.60 Å². The lowest BCUT2D eigenvalue weighted by atomic mass is 9.93. The number of pyridine rings is 1. The van der Waals surface area contributed by atoms with Crippen LogP contribution in [-0.2, 0) is 13.8 Å². The normalized spacial score (nSPS) is 28.4. The van der Waals surface area contributed by atoms with Gasteiger partial charge in [-0.1, -0.05) is 6.92 Å². The molecule has 3 heterocycles. The van der Waals surface area contributed by atoms with E-state index in [4.69, 9.17) is 21.5 Å². The summed E-state index contributed by atoms with van der Waals surface area (Å²) in [6, 6.07) is 1.40. The van der Waals surface area contributed by atoms with Gasteiger partial charge in [-0.3, -0.25) is 13.9 Å². The third kappa shape index (κ3) is 4.87. The Bertz CT molecular complexity index is 1170. The van der Waals surface area contributed by atoms with Crippen molar-refractivity contribution >= 4 is 30.8 Å². The van der Waals surface area contributed by atoms with Crippen LogP contribution in [0.15, 0.2) is 17.1 Å². The van der Waals surface area contributed by atoms with Gasteiger partial charge in [0.25, 0.3) is 0 Å². The van der Waals surface area contributed by atoms with E-state index in [2.05, 4.69) is 9.97 Å². The van der Waals surface area contributed by atoms with Gasteiger partial charge in [-0.2, -0.15) is 0 Å². The van der Waals surface area contributed by atoms with Crippen LogP contribution >= 0.6 is 19.8 Å². The van der Waals surface area contributed by atoms with Crippen molar-refractivity contribution in [3.8, 4) is 0 Å². The standard InChI is InChI=1S/C19H28N3O8PS/c1-5-19(4,30-31(27,28)10(3)23)7-13-14(25)15(26)17(29-13)22-8-11-12(24)6-9(2)20-16(11)21-18(22)32/h6,8,10,13-15,17,23,25-26H,5,7H2,1-4H3,(H,27,28)(H,20,21,32)/t10?,13-,14?,15+,17-,19?/m1/s1. The molecule has 0 spiro atoms. The van der Waals surface area contributed by atoms with Crippen molar-refractivity contribution in [3.05, 3.63) is 33.0 Å². The number of rotatable bonds is 7. The van der Waals surface area contributed by atoms with E-state index in [1.807, 2.05) is 0 Å². The average Bonchev–Trinajstić information content (AvgIpc) is 2.95. The first kappa shape index (κ1) is 25.1. The lowest BCUT2D eigenvalue weighted by Crippen LogP contribution is -2.39. The second-order valence-corrected chi connectivity index (χ2v) is 10.8. The summed E-state index contributed by atoms with van der Waals surface area (Å²) in [6.45, 7) is 6.14. The van der Waals surface area contributed by atoms with Gasteiger partial charge in [0.2, 0.25) is 4.77 Å². The number of fused-ring (bicyclic) bond motifs is 1. The lowest BCUT2D eigenvalue weighted by molar-refractivity contribution is -0.0685. The van der Waals surface area contributed by atoms with Crippen LogP contribution in [0.1, 0.15) is 45.5 Å². The Morgan fingerprint density at radius 1 is 1.44 bits per heavy atom. The van der Waals surface area contributed by atoms with E-state index in [9.17, 15) is 29.6 Å². The molecular formula is C19H28N3O8PS. The number of H-pyrrole nitrogens is 1. The Morgan fingerprint density at radius 3 is 2.69 bits per heavy atom. The summed E-state index contributed by atoms with van der Waals surface area (Å²) >= 11 is 5.30. The number of hydrogen-bond acceptors (Lipinski definition) is 9. The molecule has 13 heteroatoms. The Morgan fingerprint density at radius 2 is 2.09 bits per heavy atom. The molecule has 0 bridgehead atoms. The number of hydrogen-bond donors (Lipinski definition) is 5. The van der Waals surface area contributed by atoms with Crippen molar-refractivity contribution in [2.45, 2.75) is 76.5 Å². The maximum absolute atomic E-state index is 12.4. The number of nitrogens with one attached hydrogen (secondary N) is 1. The number of aliphatic hydroxyl groups excluding tert-OH is 3. The molecule has 0 aliphatic carbocycles. The third-order valence-corrected chi connectivity index (χ3v) is 7.64. The fourth-order valence-corrected chi connectivity index (χ4v) is 4.85. The minimum atomic E-state index is -4.33. The van der Waals surface area contributed by atoms with Gasteiger partial charge < -0.3 is 34.5 Å². The van der Waals surface area contributed by atoms with Crippen molar-refractivity contribution in [3.63, 3.8) is 0 Å². The van der Waals surface area contributed by atoms with Crippen molar-refractivity contribution in [2.75, 3.05) is 0 Å². The molecular weight excluding hydrogens is 461 g/mol. The number of ether oxygens (including phenoxy) is 1. The predicted octanol–water partition coefficient (Wildman–Crippen LogP) is 1.48. The molecule has 1 aliphatic rings. The maximum Gasteiger partial charge on any atom is 0.356 e. The molecule has 7 atom stereocenters. The van der Waals surface area contributed by atoms with Crippen LogP contribution in [0, 0.1) is 11.7 Å². The molecule has 0 amide bonds. The zero-order chi connectivity index (χ0) is 24.0. The first-order valence-electron chi connectivity index (χ1n) is 10.1. The fraction of sp³-hybridized carbons (Fsp3) is 0.632. The molecule has 178 valence electrons.